The number of rotatable bonds is 10. The molecule has 1 amide bonds. The molecule has 0 aromatic carbocycles. The van der Waals surface area contributed by atoms with E-state index < -0.39 is 12.7 Å². The minimum absolute atomic E-state index is 0.0749. The van der Waals surface area contributed by atoms with Gasteiger partial charge >= 0.3 is 0 Å². The standard InChI is InChI=1S/C33H40F3N7O2/c1-5-6-22-15-19(2)40-33(45)26(22)18-39-32(44)25-16-27-24(23-7-8-28(37)38-17-23)9-10-43(27)29(20(25)3)21(4)41-11-13-42(14-12-41)31(36)30(34)35/h7-10,15-17,21,30-31H,5-6,11-14,18H2,1-4H3,(H2,37,38)(H,39,44)(H,40,45). The van der Waals surface area contributed by atoms with Gasteiger partial charge in [0.05, 0.1) is 5.52 Å². The second-order valence-corrected chi connectivity index (χ2v) is 11.7. The molecule has 12 heteroatoms. The van der Waals surface area contributed by atoms with Gasteiger partial charge in [0.2, 0.25) is 6.30 Å². The van der Waals surface area contributed by atoms with Crippen molar-refractivity contribution in [2.45, 2.75) is 65.8 Å². The van der Waals surface area contributed by atoms with E-state index in [1.54, 1.807) is 12.3 Å². The third-order valence-electron chi connectivity index (χ3n) is 8.75. The summed E-state index contributed by atoms with van der Waals surface area (Å²) in [4.78, 5) is 37.1. The summed E-state index contributed by atoms with van der Waals surface area (Å²) in [6.07, 6.45) is -0.140. The van der Waals surface area contributed by atoms with Gasteiger partial charge in [-0.3, -0.25) is 19.4 Å². The van der Waals surface area contributed by atoms with Crippen LogP contribution < -0.4 is 16.6 Å². The minimum Gasteiger partial charge on any atom is -0.384 e. The Morgan fingerprint density at radius 2 is 1.80 bits per heavy atom. The third-order valence-corrected chi connectivity index (χ3v) is 8.75. The summed E-state index contributed by atoms with van der Waals surface area (Å²) >= 11 is 0. The van der Waals surface area contributed by atoms with Crippen LogP contribution >= 0.6 is 0 Å². The highest BCUT2D eigenvalue weighted by Crippen LogP contribution is 2.34. The number of piperazine rings is 1. The number of nitrogens with one attached hydrogen (secondary N) is 2. The average molecular weight is 624 g/mol. The van der Waals surface area contributed by atoms with Crippen LogP contribution in [0.15, 0.2) is 47.5 Å². The molecule has 4 aromatic heterocycles. The zero-order chi connectivity index (χ0) is 32.4. The maximum Gasteiger partial charge on any atom is 0.282 e. The Morgan fingerprint density at radius 3 is 2.44 bits per heavy atom. The summed E-state index contributed by atoms with van der Waals surface area (Å²) in [5.74, 6) is 0.0676. The van der Waals surface area contributed by atoms with E-state index in [-0.39, 0.29) is 37.1 Å². The van der Waals surface area contributed by atoms with Gasteiger partial charge in [0.1, 0.15) is 5.82 Å². The van der Waals surface area contributed by atoms with Gasteiger partial charge in [-0.15, -0.1) is 0 Å². The Morgan fingerprint density at radius 1 is 1.09 bits per heavy atom. The van der Waals surface area contributed by atoms with Crippen LogP contribution in [0.3, 0.4) is 0 Å². The quantitative estimate of drug-likeness (QED) is 0.214. The molecule has 4 N–H and O–H groups in total. The molecule has 2 unspecified atom stereocenters. The topological polar surface area (TPSA) is 112 Å². The van der Waals surface area contributed by atoms with Crippen LogP contribution in [0.5, 0.6) is 0 Å². The summed E-state index contributed by atoms with van der Waals surface area (Å²) in [5.41, 5.74) is 12.3. The SMILES string of the molecule is CCCc1cc(C)[nH]c(=O)c1CNC(=O)c1cc2c(-c3ccc(N)nc3)ccn2c(C(C)N2CCN(C(F)C(F)F)CC2)c1C. The monoisotopic (exact) mass is 623 g/mol. The molecule has 0 spiro atoms. The van der Waals surface area contributed by atoms with Crippen LogP contribution in [-0.4, -0.2) is 69.0 Å². The number of hydrogen-bond donors (Lipinski definition) is 3. The first-order chi connectivity index (χ1) is 21.5. The van der Waals surface area contributed by atoms with Crippen molar-refractivity contribution in [1.82, 2.24) is 29.5 Å². The molecule has 1 fully saturated rings. The molecule has 5 heterocycles. The van der Waals surface area contributed by atoms with Gasteiger partial charge < -0.3 is 20.4 Å². The summed E-state index contributed by atoms with van der Waals surface area (Å²) in [6, 6.07) is 9.10. The highest BCUT2D eigenvalue weighted by atomic mass is 19.3. The number of nitrogens with zero attached hydrogens (tertiary/aromatic N) is 4. The van der Waals surface area contributed by atoms with Crippen molar-refractivity contribution in [3.8, 4) is 11.1 Å². The molecule has 1 aliphatic heterocycles. The maximum absolute atomic E-state index is 14.0. The lowest BCUT2D eigenvalue weighted by molar-refractivity contribution is -0.0688. The number of anilines is 1. The number of carbonyl (C=O) groups excluding carboxylic acids is 1. The third kappa shape index (κ3) is 6.62. The lowest BCUT2D eigenvalue weighted by atomic mass is 9.98. The van der Waals surface area contributed by atoms with Crippen molar-refractivity contribution in [3.05, 3.63) is 86.7 Å². The van der Waals surface area contributed by atoms with Crippen molar-refractivity contribution in [2.24, 2.45) is 0 Å². The number of carbonyl (C=O) groups is 1. The molecule has 0 saturated carbocycles. The molecule has 0 radical (unpaired) electrons. The number of amides is 1. The summed E-state index contributed by atoms with van der Waals surface area (Å²) in [5, 5.41) is 2.98. The first kappa shape index (κ1) is 32.2. The van der Waals surface area contributed by atoms with Gasteiger partial charge in [-0.1, -0.05) is 13.3 Å². The van der Waals surface area contributed by atoms with Crippen molar-refractivity contribution >= 4 is 17.2 Å². The van der Waals surface area contributed by atoms with E-state index >= 15 is 0 Å². The number of aromatic amines is 1. The molecule has 0 bridgehead atoms. The molecule has 1 aliphatic rings. The predicted molar refractivity (Wildman–Crippen MR) is 169 cm³/mol. The minimum atomic E-state index is -3.05. The van der Waals surface area contributed by atoms with E-state index in [4.69, 9.17) is 5.73 Å². The Hall–Kier alpha value is -4.16. The Labute approximate surface area is 260 Å². The zero-order valence-corrected chi connectivity index (χ0v) is 26.0. The van der Waals surface area contributed by atoms with E-state index in [2.05, 4.69) is 20.2 Å². The van der Waals surface area contributed by atoms with Crippen LogP contribution in [0.25, 0.3) is 16.6 Å². The van der Waals surface area contributed by atoms with E-state index in [1.807, 2.05) is 62.6 Å². The first-order valence-corrected chi connectivity index (χ1v) is 15.3. The van der Waals surface area contributed by atoms with Crippen LogP contribution in [0.2, 0.25) is 0 Å². The van der Waals surface area contributed by atoms with Crippen LogP contribution in [-0.2, 0) is 13.0 Å². The molecule has 5 rings (SSSR count). The number of pyridine rings is 3. The maximum atomic E-state index is 14.0. The molecule has 1 saturated heterocycles. The highest BCUT2D eigenvalue weighted by Gasteiger charge is 2.33. The number of aryl methyl sites for hydroxylation is 2. The number of aromatic nitrogens is 3. The first-order valence-electron chi connectivity index (χ1n) is 15.3. The molecule has 45 heavy (non-hydrogen) atoms. The number of hydrogen-bond acceptors (Lipinski definition) is 6. The van der Waals surface area contributed by atoms with Crippen molar-refractivity contribution < 1.29 is 18.0 Å². The number of alkyl halides is 3. The second-order valence-electron chi connectivity index (χ2n) is 11.7. The lowest BCUT2D eigenvalue weighted by Crippen LogP contribution is -2.51. The fourth-order valence-electron chi connectivity index (χ4n) is 6.36. The fraction of sp³-hybridized carbons (Fsp3) is 0.424. The van der Waals surface area contributed by atoms with E-state index in [0.29, 0.717) is 30.0 Å². The number of nitrogens with two attached hydrogens (primary N) is 1. The van der Waals surface area contributed by atoms with Crippen molar-refractivity contribution in [3.63, 3.8) is 0 Å². The molecule has 0 aliphatic carbocycles. The molecular formula is C33H40F3N7O2. The number of nitrogen functional groups attached to an aromatic ring is 1. The number of halogens is 3. The predicted octanol–water partition coefficient (Wildman–Crippen LogP) is 5.01. The van der Waals surface area contributed by atoms with Gasteiger partial charge in [0.15, 0.2) is 0 Å². The average Bonchev–Trinajstić information content (AvgIpc) is 3.43. The summed E-state index contributed by atoms with van der Waals surface area (Å²) < 4.78 is 42.1. The van der Waals surface area contributed by atoms with E-state index in [1.165, 1.54) is 4.90 Å². The van der Waals surface area contributed by atoms with Crippen LogP contribution in [0.1, 0.15) is 64.7 Å². The van der Waals surface area contributed by atoms with Gasteiger partial charge in [0, 0.05) is 84.8 Å². The van der Waals surface area contributed by atoms with E-state index in [9.17, 15) is 22.8 Å². The summed E-state index contributed by atoms with van der Waals surface area (Å²) in [7, 11) is 0. The normalized spacial score (nSPS) is 15.9. The summed E-state index contributed by atoms with van der Waals surface area (Å²) in [6.45, 7) is 8.95. The second kappa shape index (κ2) is 13.5. The van der Waals surface area contributed by atoms with Gasteiger partial charge in [0.25, 0.3) is 17.9 Å². The molecule has 4 aromatic rings. The lowest BCUT2D eigenvalue weighted by Gasteiger charge is -2.39. The molecule has 9 nitrogen and oxygen atoms in total. The largest absolute Gasteiger partial charge is 0.384 e. The smallest absolute Gasteiger partial charge is 0.282 e. The number of fused-ring (bicyclic) bond motifs is 1. The Kier molecular flexibility index (Phi) is 9.64. The molecule has 240 valence electrons. The van der Waals surface area contributed by atoms with Crippen LogP contribution in [0.4, 0.5) is 19.0 Å². The van der Waals surface area contributed by atoms with Gasteiger partial charge in [-0.25, -0.2) is 18.2 Å². The van der Waals surface area contributed by atoms with Gasteiger partial charge in [-0.05, 0) is 68.7 Å². The zero-order valence-electron chi connectivity index (χ0n) is 26.0. The molecule has 2 atom stereocenters. The Balaban J connectivity index is 1.53. The fourth-order valence-corrected chi connectivity index (χ4v) is 6.36. The Bertz CT molecular complexity index is 1730. The van der Waals surface area contributed by atoms with Crippen LogP contribution in [0, 0.1) is 13.8 Å². The number of H-pyrrole nitrogens is 1. The van der Waals surface area contributed by atoms with Gasteiger partial charge in [-0.2, -0.15) is 0 Å². The van der Waals surface area contributed by atoms with E-state index in [0.717, 1.165) is 52.0 Å². The molecular weight excluding hydrogens is 583 g/mol. The highest BCUT2D eigenvalue weighted by molar-refractivity contribution is 5.98. The van der Waals surface area contributed by atoms with Crippen molar-refractivity contribution in [1.29, 1.82) is 0 Å². The van der Waals surface area contributed by atoms with Crippen molar-refractivity contribution in [2.75, 3.05) is 31.9 Å².